The summed E-state index contributed by atoms with van der Waals surface area (Å²) in [5.41, 5.74) is -0.433. The number of halogens is 2. The molecule has 0 bridgehead atoms. The van der Waals surface area contributed by atoms with Gasteiger partial charge in [0.25, 0.3) is 11.5 Å². The Morgan fingerprint density at radius 2 is 1.89 bits per heavy atom. The highest BCUT2D eigenvalue weighted by atomic mass is 35.5. The fraction of sp³-hybridized carbons (Fsp3) is 0.259. The summed E-state index contributed by atoms with van der Waals surface area (Å²) in [5.74, 6) is -1.29. The molecule has 196 valence electrons. The van der Waals surface area contributed by atoms with Gasteiger partial charge in [0.1, 0.15) is 11.6 Å². The highest BCUT2D eigenvalue weighted by molar-refractivity contribution is 7.98. The Labute approximate surface area is 226 Å². The van der Waals surface area contributed by atoms with Crippen molar-refractivity contribution in [2.45, 2.75) is 42.7 Å². The molecule has 0 radical (unpaired) electrons. The molecule has 5 rings (SSSR count). The number of phenols is 1. The fourth-order valence-electron chi connectivity index (χ4n) is 4.92. The molecule has 2 aromatic heterocycles. The second-order valence-corrected chi connectivity index (χ2v) is 10.5. The van der Waals surface area contributed by atoms with E-state index in [4.69, 9.17) is 11.6 Å². The van der Waals surface area contributed by atoms with Gasteiger partial charge in [0.05, 0.1) is 22.8 Å². The zero-order chi connectivity index (χ0) is 27.0. The first-order valence-electron chi connectivity index (χ1n) is 12.0. The molecule has 8 nitrogen and oxygen atoms in total. The number of hydrogen-bond acceptors (Lipinski definition) is 6. The zero-order valence-corrected chi connectivity index (χ0v) is 21.9. The summed E-state index contributed by atoms with van der Waals surface area (Å²) in [6, 6.07) is 12.0. The maximum Gasteiger partial charge on any atom is 0.337 e. The number of aromatic hydroxyl groups is 1. The van der Waals surface area contributed by atoms with E-state index in [9.17, 15) is 23.9 Å². The molecular formula is C27H24ClFN4O4S. The summed E-state index contributed by atoms with van der Waals surface area (Å²) < 4.78 is 16.7. The lowest BCUT2D eigenvalue weighted by atomic mass is 9.90. The van der Waals surface area contributed by atoms with E-state index in [1.165, 1.54) is 39.1 Å². The standard InChI is InChI=1S/C27H24ClFN4O4S/c1-38-20-4-2-3-19(13-20)32-24-22(12-16(29)14-30-24)26(36)33(27(32)37)18-8-6-17(7-9-18)31-25(35)21-11-15(28)5-10-23(21)34/h2-5,10-14,17-18,34H,6-9H2,1H3,(H,31,35)/t17-,18+. The third-order valence-corrected chi connectivity index (χ3v) is 7.76. The number of thioether (sulfide) groups is 1. The molecule has 11 heteroatoms. The van der Waals surface area contributed by atoms with Crippen LogP contribution >= 0.6 is 23.4 Å². The Bertz CT molecular complexity index is 1660. The maximum absolute atomic E-state index is 14.1. The summed E-state index contributed by atoms with van der Waals surface area (Å²) >= 11 is 7.47. The first kappa shape index (κ1) is 26.0. The second kappa shape index (κ2) is 10.6. The van der Waals surface area contributed by atoms with Crippen molar-refractivity contribution in [1.82, 2.24) is 19.4 Å². The number of nitrogens with zero attached hydrogens (tertiary/aromatic N) is 3. The Balaban J connectivity index is 1.47. The van der Waals surface area contributed by atoms with Crippen molar-refractivity contribution in [3.8, 4) is 11.4 Å². The van der Waals surface area contributed by atoms with E-state index in [1.54, 1.807) is 6.07 Å². The smallest absolute Gasteiger partial charge is 0.337 e. The van der Waals surface area contributed by atoms with Gasteiger partial charge in [-0.25, -0.2) is 18.7 Å². The first-order chi connectivity index (χ1) is 18.3. The van der Waals surface area contributed by atoms with Crippen LogP contribution in [-0.4, -0.2) is 37.4 Å². The van der Waals surface area contributed by atoms with Crippen LogP contribution < -0.4 is 16.6 Å². The molecule has 2 aromatic carbocycles. The number of amides is 1. The Hall–Kier alpha value is -3.63. The molecule has 1 fully saturated rings. The highest BCUT2D eigenvalue weighted by Crippen LogP contribution is 2.29. The molecule has 4 aromatic rings. The summed E-state index contributed by atoms with van der Waals surface area (Å²) in [5, 5.41) is 13.3. The summed E-state index contributed by atoms with van der Waals surface area (Å²) in [6.07, 6.45) is 4.81. The van der Waals surface area contributed by atoms with Gasteiger partial charge in [0.2, 0.25) is 0 Å². The quantitative estimate of drug-likeness (QED) is 0.347. The number of hydrogen-bond donors (Lipinski definition) is 2. The van der Waals surface area contributed by atoms with E-state index in [2.05, 4.69) is 10.3 Å². The van der Waals surface area contributed by atoms with E-state index in [1.807, 2.05) is 24.5 Å². The van der Waals surface area contributed by atoms with Crippen molar-refractivity contribution in [2.75, 3.05) is 6.26 Å². The van der Waals surface area contributed by atoms with Crippen molar-refractivity contribution in [3.05, 3.63) is 92.0 Å². The van der Waals surface area contributed by atoms with Gasteiger partial charge in [-0.2, -0.15) is 0 Å². The number of carbonyl (C=O) groups excluding carboxylic acids is 1. The Morgan fingerprint density at radius 1 is 1.13 bits per heavy atom. The van der Waals surface area contributed by atoms with Crippen molar-refractivity contribution in [1.29, 1.82) is 0 Å². The summed E-state index contributed by atoms with van der Waals surface area (Å²) in [6.45, 7) is 0. The van der Waals surface area contributed by atoms with Gasteiger partial charge < -0.3 is 10.4 Å². The molecule has 2 heterocycles. The Kier molecular flexibility index (Phi) is 7.27. The van der Waals surface area contributed by atoms with Crippen molar-refractivity contribution >= 4 is 40.3 Å². The molecule has 0 saturated heterocycles. The van der Waals surface area contributed by atoms with E-state index in [0.29, 0.717) is 36.4 Å². The normalized spacial score (nSPS) is 17.4. The number of rotatable bonds is 5. The van der Waals surface area contributed by atoms with Crippen molar-refractivity contribution < 1.29 is 14.3 Å². The average Bonchev–Trinajstić information content (AvgIpc) is 2.91. The van der Waals surface area contributed by atoms with Gasteiger partial charge in [-0.05, 0) is 74.4 Å². The number of benzene rings is 2. The molecule has 1 amide bonds. The maximum atomic E-state index is 14.1. The molecule has 1 aliphatic rings. The highest BCUT2D eigenvalue weighted by Gasteiger charge is 2.28. The lowest BCUT2D eigenvalue weighted by molar-refractivity contribution is 0.0919. The van der Waals surface area contributed by atoms with E-state index >= 15 is 0 Å². The van der Waals surface area contributed by atoms with Gasteiger partial charge in [-0.1, -0.05) is 17.7 Å². The minimum absolute atomic E-state index is 0.0195. The number of carbonyl (C=O) groups is 1. The van der Waals surface area contributed by atoms with Gasteiger partial charge in [-0.15, -0.1) is 11.8 Å². The SMILES string of the molecule is CSc1cccc(-n2c(=O)n([C@H]3CC[C@@H](NC(=O)c4cc(Cl)ccc4O)CC3)c(=O)c3cc(F)cnc32)c1. The van der Waals surface area contributed by atoms with Crippen LogP contribution in [0.4, 0.5) is 4.39 Å². The van der Waals surface area contributed by atoms with Crippen LogP contribution in [0.15, 0.2) is 69.2 Å². The monoisotopic (exact) mass is 554 g/mol. The minimum atomic E-state index is -0.667. The van der Waals surface area contributed by atoms with E-state index in [0.717, 1.165) is 17.2 Å². The molecule has 0 aliphatic heterocycles. The predicted octanol–water partition coefficient (Wildman–Crippen LogP) is 4.68. The van der Waals surface area contributed by atoms with Gasteiger partial charge in [0, 0.05) is 22.0 Å². The Morgan fingerprint density at radius 3 is 2.63 bits per heavy atom. The largest absolute Gasteiger partial charge is 0.507 e. The molecule has 38 heavy (non-hydrogen) atoms. The third-order valence-electron chi connectivity index (χ3n) is 6.80. The fourth-order valence-corrected chi connectivity index (χ4v) is 5.54. The molecule has 0 unspecified atom stereocenters. The van der Waals surface area contributed by atoms with Crippen LogP contribution in [0.3, 0.4) is 0 Å². The first-order valence-corrected chi connectivity index (χ1v) is 13.6. The third kappa shape index (κ3) is 4.93. The van der Waals surface area contributed by atoms with Crippen LogP contribution in [0, 0.1) is 5.82 Å². The molecule has 1 aliphatic carbocycles. The van der Waals surface area contributed by atoms with Crippen molar-refractivity contribution in [3.63, 3.8) is 0 Å². The number of pyridine rings is 1. The lowest BCUT2D eigenvalue weighted by Gasteiger charge is -2.30. The topological polar surface area (TPSA) is 106 Å². The van der Waals surface area contributed by atoms with Gasteiger partial charge in [-0.3, -0.25) is 14.2 Å². The molecular weight excluding hydrogens is 531 g/mol. The van der Waals surface area contributed by atoms with Gasteiger partial charge >= 0.3 is 5.69 Å². The van der Waals surface area contributed by atoms with Gasteiger partial charge in [0.15, 0.2) is 5.65 Å². The molecule has 0 atom stereocenters. The second-order valence-electron chi connectivity index (χ2n) is 9.16. The molecule has 0 spiro atoms. The number of nitrogens with one attached hydrogen (secondary N) is 1. The lowest BCUT2D eigenvalue weighted by Crippen LogP contribution is -2.45. The number of phenolic OH excluding ortho intramolecular Hbond substituents is 1. The van der Waals surface area contributed by atoms with Crippen LogP contribution in [0.2, 0.25) is 5.02 Å². The summed E-state index contributed by atoms with van der Waals surface area (Å²) in [7, 11) is 0. The summed E-state index contributed by atoms with van der Waals surface area (Å²) in [4.78, 5) is 44.9. The molecule has 2 N–H and O–H groups in total. The van der Waals surface area contributed by atoms with Crippen LogP contribution in [0.5, 0.6) is 5.75 Å². The minimum Gasteiger partial charge on any atom is -0.507 e. The molecule has 1 saturated carbocycles. The van der Waals surface area contributed by atoms with Crippen LogP contribution in [0.25, 0.3) is 16.7 Å². The number of fused-ring (bicyclic) bond motifs is 1. The van der Waals surface area contributed by atoms with E-state index in [-0.39, 0.29) is 28.4 Å². The average molecular weight is 555 g/mol. The van der Waals surface area contributed by atoms with Crippen LogP contribution in [-0.2, 0) is 0 Å². The predicted molar refractivity (Wildman–Crippen MR) is 145 cm³/mol. The number of aromatic nitrogens is 3. The zero-order valence-electron chi connectivity index (χ0n) is 20.4. The van der Waals surface area contributed by atoms with Crippen molar-refractivity contribution in [2.24, 2.45) is 0 Å². The van der Waals surface area contributed by atoms with Crippen LogP contribution in [0.1, 0.15) is 42.1 Å². The van der Waals surface area contributed by atoms with E-state index < -0.39 is 29.0 Å².